The van der Waals surface area contributed by atoms with E-state index in [1.807, 2.05) is 0 Å². The highest BCUT2D eigenvalue weighted by Gasteiger charge is 2.21. The van der Waals surface area contributed by atoms with Crippen molar-refractivity contribution in [3.05, 3.63) is 0 Å². The van der Waals surface area contributed by atoms with Gasteiger partial charge in [0.25, 0.3) is 6.35 Å². The van der Waals surface area contributed by atoms with Crippen LogP contribution >= 0.6 is 8.03 Å². The van der Waals surface area contributed by atoms with Crippen molar-refractivity contribution in [3.63, 3.8) is 0 Å². The van der Waals surface area contributed by atoms with Gasteiger partial charge in [0, 0.05) is 0 Å². The second-order valence-electron chi connectivity index (χ2n) is 2.04. The SMILES string of the molecule is O=C(O)CC(O)C(=O)OC[P+](=O)[O-]. The van der Waals surface area contributed by atoms with E-state index in [-0.39, 0.29) is 0 Å². The van der Waals surface area contributed by atoms with Crippen LogP contribution in [0.15, 0.2) is 0 Å². The number of ether oxygens (including phenoxy) is 1. The minimum absolute atomic E-state index is 0.811. The lowest BCUT2D eigenvalue weighted by Crippen LogP contribution is -2.26. The molecule has 0 aromatic carbocycles. The summed E-state index contributed by atoms with van der Waals surface area (Å²) in [6.07, 6.45) is -3.49. The first kappa shape index (κ1) is 12.0. The summed E-state index contributed by atoms with van der Waals surface area (Å²) in [6.45, 7) is 0. The highest BCUT2D eigenvalue weighted by atomic mass is 31.1. The van der Waals surface area contributed by atoms with E-state index in [0.717, 1.165) is 0 Å². The zero-order chi connectivity index (χ0) is 10.4. The third-order valence-electron chi connectivity index (χ3n) is 0.952. The van der Waals surface area contributed by atoms with Gasteiger partial charge < -0.3 is 19.8 Å². The minimum Gasteiger partial charge on any atom is -0.593 e. The minimum atomic E-state index is -2.88. The largest absolute Gasteiger partial charge is 0.593 e. The van der Waals surface area contributed by atoms with Crippen molar-refractivity contribution in [2.45, 2.75) is 12.5 Å². The van der Waals surface area contributed by atoms with Crippen LogP contribution in [0, 0.1) is 0 Å². The molecule has 0 fully saturated rings. The van der Waals surface area contributed by atoms with E-state index in [1.54, 1.807) is 0 Å². The van der Waals surface area contributed by atoms with E-state index >= 15 is 0 Å². The van der Waals surface area contributed by atoms with Crippen LogP contribution in [0.3, 0.4) is 0 Å². The van der Waals surface area contributed by atoms with Crippen LogP contribution < -0.4 is 4.89 Å². The van der Waals surface area contributed by atoms with Gasteiger partial charge in [-0.2, -0.15) is 0 Å². The molecule has 2 N–H and O–H groups in total. The van der Waals surface area contributed by atoms with Crippen molar-refractivity contribution < 1.29 is 34.0 Å². The molecule has 0 aromatic rings. The van der Waals surface area contributed by atoms with Gasteiger partial charge in [-0.25, -0.2) is 4.79 Å². The maximum absolute atomic E-state index is 10.6. The van der Waals surface area contributed by atoms with E-state index < -0.39 is 38.8 Å². The number of hydrogen-bond acceptors (Lipinski definition) is 6. The predicted molar refractivity (Wildman–Crippen MR) is 36.8 cm³/mol. The topological polar surface area (TPSA) is 124 Å². The van der Waals surface area contributed by atoms with Crippen LogP contribution in [0.1, 0.15) is 6.42 Å². The van der Waals surface area contributed by atoms with Gasteiger partial charge in [-0.1, -0.05) is 4.57 Å². The fraction of sp³-hybridized carbons (Fsp3) is 0.600. The lowest BCUT2D eigenvalue weighted by molar-refractivity contribution is -0.174. The molecular formula is C5H7O7P. The van der Waals surface area contributed by atoms with Crippen molar-refractivity contribution in [1.29, 1.82) is 0 Å². The highest BCUT2D eigenvalue weighted by molar-refractivity contribution is 7.36. The molecular weight excluding hydrogens is 203 g/mol. The monoisotopic (exact) mass is 210 g/mol. The van der Waals surface area contributed by atoms with E-state index in [2.05, 4.69) is 4.74 Å². The molecule has 0 aliphatic rings. The first-order chi connectivity index (χ1) is 5.93. The maximum Gasteiger partial charge on any atom is 0.350 e. The molecule has 74 valence electrons. The number of rotatable bonds is 5. The average molecular weight is 210 g/mol. The number of carboxylic acids is 1. The Morgan fingerprint density at radius 2 is 2.08 bits per heavy atom. The molecule has 2 atom stereocenters. The molecule has 0 rings (SSSR count). The van der Waals surface area contributed by atoms with Crippen LogP contribution in [-0.4, -0.2) is 34.6 Å². The third kappa shape index (κ3) is 6.15. The Balaban J connectivity index is 3.82. The standard InChI is InChI=1S/C5H7O7P/c6-3(1-4(7)8)5(9)12-2-13(10)11/h3,6H,1-2H2,(H,7,8). The van der Waals surface area contributed by atoms with Gasteiger partial charge in [0.05, 0.1) is 6.42 Å². The number of carboxylic acid groups (broad SMARTS) is 1. The van der Waals surface area contributed by atoms with Crippen LogP contribution in [0.2, 0.25) is 0 Å². The molecule has 0 aliphatic carbocycles. The van der Waals surface area contributed by atoms with Gasteiger partial charge in [0.2, 0.25) is 0 Å². The molecule has 0 saturated carbocycles. The number of carbonyl (C=O) groups excluding carboxylic acids is 1. The maximum atomic E-state index is 10.6. The van der Waals surface area contributed by atoms with Crippen molar-refractivity contribution in [3.8, 4) is 0 Å². The second kappa shape index (κ2) is 5.58. The zero-order valence-corrected chi connectivity index (χ0v) is 7.27. The van der Waals surface area contributed by atoms with Gasteiger partial charge in [0.1, 0.15) is 0 Å². The number of aliphatic carboxylic acids is 1. The van der Waals surface area contributed by atoms with Crippen LogP contribution in [0.5, 0.6) is 0 Å². The number of aliphatic hydroxyl groups excluding tert-OH is 1. The molecule has 0 bridgehead atoms. The summed E-state index contributed by atoms with van der Waals surface area (Å²) in [5.41, 5.74) is 0. The molecule has 13 heavy (non-hydrogen) atoms. The Morgan fingerprint density at radius 1 is 1.54 bits per heavy atom. The summed E-state index contributed by atoms with van der Waals surface area (Å²) in [4.78, 5) is 30.5. The normalized spacial score (nSPS) is 13.2. The smallest absolute Gasteiger partial charge is 0.350 e. The van der Waals surface area contributed by atoms with Crippen molar-refractivity contribution in [2.75, 3.05) is 6.35 Å². The first-order valence-corrected chi connectivity index (χ1v) is 4.48. The Labute approximate surface area is 73.8 Å². The summed E-state index contributed by atoms with van der Waals surface area (Å²) < 4.78 is 13.9. The Kier molecular flexibility index (Phi) is 5.13. The number of carbonyl (C=O) groups is 2. The fourth-order valence-corrected chi connectivity index (χ4v) is 0.694. The zero-order valence-electron chi connectivity index (χ0n) is 6.37. The average Bonchev–Trinajstić information content (AvgIpc) is 1.98. The highest BCUT2D eigenvalue weighted by Crippen LogP contribution is 2.07. The number of hydrogen-bond donors (Lipinski definition) is 2. The van der Waals surface area contributed by atoms with Crippen molar-refractivity contribution >= 4 is 20.0 Å². The molecule has 0 spiro atoms. The molecule has 2 unspecified atom stereocenters. The Bertz CT molecular complexity index is 225. The van der Waals surface area contributed by atoms with Gasteiger partial charge in [-0.15, -0.1) is 0 Å². The van der Waals surface area contributed by atoms with Crippen LogP contribution in [0.4, 0.5) is 0 Å². The van der Waals surface area contributed by atoms with Gasteiger partial charge in [-0.3, -0.25) is 4.79 Å². The van der Waals surface area contributed by atoms with E-state index in [0.29, 0.717) is 0 Å². The first-order valence-electron chi connectivity index (χ1n) is 3.11. The van der Waals surface area contributed by atoms with E-state index in [4.69, 9.17) is 10.2 Å². The summed E-state index contributed by atoms with van der Waals surface area (Å²) >= 11 is 0. The Morgan fingerprint density at radius 3 is 2.46 bits per heavy atom. The molecule has 0 radical (unpaired) electrons. The number of aliphatic hydroxyl groups is 1. The molecule has 0 heterocycles. The van der Waals surface area contributed by atoms with Gasteiger partial charge >= 0.3 is 20.0 Å². The summed E-state index contributed by atoms with van der Waals surface area (Å²) in [6, 6.07) is 0. The lowest BCUT2D eigenvalue weighted by Gasteiger charge is -2.04. The van der Waals surface area contributed by atoms with E-state index in [9.17, 15) is 19.0 Å². The van der Waals surface area contributed by atoms with Crippen LogP contribution in [-0.2, 0) is 18.9 Å². The van der Waals surface area contributed by atoms with Crippen molar-refractivity contribution in [1.82, 2.24) is 0 Å². The summed E-state index contributed by atoms with van der Waals surface area (Å²) in [5.74, 6) is -2.64. The van der Waals surface area contributed by atoms with Gasteiger partial charge in [0.15, 0.2) is 6.10 Å². The lowest BCUT2D eigenvalue weighted by atomic mass is 10.3. The quantitative estimate of drug-likeness (QED) is 0.414. The Hall–Kier alpha value is -1.04. The van der Waals surface area contributed by atoms with Crippen LogP contribution in [0.25, 0.3) is 0 Å². The van der Waals surface area contributed by atoms with Gasteiger partial charge in [-0.05, 0) is 0 Å². The molecule has 0 amide bonds. The van der Waals surface area contributed by atoms with Crippen molar-refractivity contribution in [2.24, 2.45) is 0 Å². The predicted octanol–water partition coefficient (Wildman–Crippen LogP) is -1.57. The second-order valence-corrected chi connectivity index (χ2v) is 2.96. The number of esters is 1. The molecule has 0 aliphatic heterocycles. The summed E-state index contributed by atoms with van der Waals surface area (Å²) in [5, 5.41) is 16.9. The fourth-order valence-electron chi connectivity index (χ4n) is 0.461. The molecule has 7 nitrogen and oxygen atoms in total. The third-order valence-corrected chi connectivity index (χ3v) is 1.29. The van der Waals surface area contributed by atoms with E-state index in [1.165, 1.54) is 0 Å². The summed E-state index contributed by atoms with van der Waals surface area (Å²) in [7, 11) is -2.88. The molecule has 8 heteroatoms. The molecule has 0 aromatic heterocycles. The molecule has 0 saturated heterocycles.